The van der Waals surface area contributed by atoms with Crippen LogP contribution in [0.2, 0.25) is 5.02 Å². The van der Waals surface area contributed by atoms with Crippen LogP contribution < -0.4 is 15.5 Å². The highest BCUT2D eigenvalue weighted by atomic mass is 35.5. The van der Waals surface area contributed by atoms with Crippen molar-refractivity contribution in [1.82, 2.24) is 14.9 Å². The van der Waals surface area contributed by atoms with Gasteiger partial charge in [0.25, 0.3) is 0 Å². The van der Waals surface area contributed by atoms with E-state index in [2.05, 4.69) is 15.6 Å². The van der Waals surface area contributed by atoms with Gasteiger partial charge in [-0.05, 0) is 49.4 Å². The number of halogens is 8. The quantitative estimate of drug-likeness (QED) is 0.289. The van der Waals surface area contributed by atoms with Crippen molar-refractivity contribution >= 4 is 40.0 Å². The van der Waals surface area contributed by atoms with E-state index in [1.54, 1.807) is 40.8 Å². The molecule has 1 saturated carbocycles. The molecule has 2 N–H and O–H groups in total. The van der Waals surface area contributed by atoms with Crippen LogP contribution in [0.3, 0.4) is 0 Å². The molecule has 2 aromatic carbocycles. The average Bonchev–Trinajstić information content (AvgIpc) is 3.60. The van der Waals surface area contributed by atoms with Crippen molar-refractivity contribution in [1.29, 1.82) is 0 Å². The van der Waals surface area contributed by atoms with Gasteiger partial charge in [-0.1, -0.05) is 17.7 Å². The molecule has 0 amide bonds. The summed E-state index contributed by atoms with van der Waals surface area (Å²) in [6.07, 6.45) is -8.43. The van der Waals surface area contributed by atoms with E-state index in [0.717, 1.165) is 0 Å². The Kier molecular flexibility index (Phi) is 7.15. The Bertz CT molecular complexity index is 1360. The van der Waals surface area contributed by atoms with Crippen LogP contribution in [-0.4, -0.2) is 41.5 Å². The lowest BCUT2D eigenvalue weighted by atomic mass is 9.96. The van der Waals surface area contributed by atoms with E-state index in [4.69, 9.17) is 11.6 Å². The lowest BCUT2D eigenvalue weighted by molar-refractivity contribution is -0.185. The number of aryl methyl sites for hydroxylation is 1. The van der Waals surface area contributed by atoms with Crippen LogP contribution in [-0.2, 0) is 13.6 Å². The molecular weight excluding hydrogens is 551 g/mol. The number of fused-ring (bicyclic) bond motifs is 1. The van der Waals surface area contributed by atoms with Crippen LogP contribution >= 0.6 is 11.6 Å². The smallest absolute Gasteiger partial charge is 0.369 e. The molecule has 13 heteroatoms. The molecule has 1 aliphatic heterocycles. The van der Waals surface area contributed by atoms with E-state index >= 15 is 0 Å². The predicted octanol–water partition coefficient (Wildman–Crippen LogP) is 7.32. The second-order valence-corrected chi connectivity index (χ2v) is 10.8. The van der Waals surface area contributed by atoms with Crippen LogP contribution in [0.15, 0.2) is 30.3 Å². The Hall–Kier alpha value is -2.73. The first-order valence-electron chi connectivity index (χ1n) is 12.6. The van der Waals surface area contributed by atoms with Gasteiger partial charge in [0, 0.05) is 39.3 Å². The van der Waals surface area contributed by atoms with Crippen LogP contribution in [0.5, 0.6) is 0 Å². The number of alkyl halides is 6. The third-order valence-electron chi connectivity index (χ3n) is 7.77. The molecule has 39 heavy (non-hydrogen) atoms. The number of benzene rings is 2. The zero-order valence-corrected chi connectivity index (χ0v) is 21.7. The minimum absolute atomic E-state index is 0.0933. The summed E-state index contributed by atoms with van der Waals surface area (Å²) >= 11 is 6.35. The van der Waals surface area contributed by atoms with Crippen molar-refractivity contribution in [2.24, 2.45) is 18.4 Å². The highest BCUT2D eigenvalue weighted by molar-refractivity contribution is 6.33. The van der Waals surface area contributed by atoms with Crippen molar-refractivity contribution in [2.45, 2.75) is 44.6 Å². The summed E-state index contributed by atoms with van der Waals surface area (Å²) in [5, 5.41) is 6.35. The third kappa shape index (κ3) is 5.63. The van der Waals surface area contributed by atoms with Crippen molar-refractivity contribution < 1.29 is 30.7 Å². The molecule has 0 atom stereocenters. The topological polar surface area (TPSA) is 45.1 Å². The first kappa shape index (κ1) is 27.8. The summed E-state index contributed by atoms with van der Waals surface area (Å²) in [4.78, 5) is 6.06. The van der Waals surface area contributed by atoms with Crippen molar-refractivity contribution in [3.63, 3.8) is 0 Å². The number of aromatic nitrogens is 2. The minimum Gasteiger partial charge on any atom is -0.369 e. The van der Waals surface area contributed by atoms with Gasteiger partial charge in [-0.25, -0.2) is 9.37 Å². The fraction of sp³-hybridized carbons (Fsp3) is 0.500. The number of hydrogen-bond donors (Lipinski definition) is 2. The fourth-order valence-corrected chi connectivity index (χ4v) is 5.22. The largest absolute Gasteiger partial charge is 0.395 e. The van der Waals surface area contributed by atoms with Gasteiger partial charge in [-0.3, -0.25) is 0 Å². The van der Waals surface area contributed by atoms with Crippen LogP contribution in [0, 0.1) is 17.2 Å². The molecule has 5 nitrogen and oxygen atoms in total. The highest BCUT2D eigenvalue weighted by Gasteiger charge is 2.62. The maximum Gasteiger partial charge on any atom is 0.395 e. The number of hydrogen-bond acceptors (Lipinski definition) is 4. The molecule has 5 rings (SSSR count). The molecule has 0 spiro atoms. The first-order chi connectivity index (χ1) is 18.3. The summed E-state index contributed by atoms with van der Waals surface area (Å²) in [6, 6.07) is 7.88. The maximum atomic E-state index is 15.0. The standard InChI is InChI=1S/C26H27ClF7N5/c1-38-22-12-21(39-8-4-16(5-9-39)25(29,30)31)18(28)11-20(22)37-23(38)36-19-10-15(2-3-17(19)27)13-35-14-24(6-7-24)26(32,33)34/h2-3,10-12,16,35H,4-9,13-14H2,1H3,(H,36,37). The van der Waals surface area contributed by atoms with Crippen molar-refractivity contribution in [2.75, 3.05) is 29.9 Å². The molecule has 1 saturated heterocycles. The Morgan fingerprint density at radius 2 is 1.74 bits per heavy atom. The van der Waals surface area contributed by atoms with Gasteiger partial charge < -0.3 is 20.1 Å². The Morgan fingerprint density at radius 3 is 2.36 bits per heavy atom. The maximum absolute atomic E-state index is 15.0. The lowest BCUT2D eigenvalue weighted by Gasteiger charge is -2.34. The second kappa shape index (κ2) is 10.0. The number of piperidine rings is 1. The first-order valence-corrected chi connectivity index (χ1v) is 13.0. The molecule has 2 heterocycles. The molecule has 2 fully saturated rings. The zero-order valence-electron chi connectivity index (χ0n) is 21.0. The second-order valence-electron chi connectivity index (χ2n) is 10.4. The summed E-state index contributed by atoms with van der Waals surface area (Å²) in [6.45, 7) is 0.242. The van der Waals surface area contributed by atoms with Gasteiger partial charge in [0.1, 0.15) is 5.82 Å². The Morgan fingerprint density at radius 1 is 1.05 bits per heavy atom. The van der Waals surface area contributed by atoms with E-state index in [-0.39, 0.29) is 57.5 Å². The number of imidazole rings is 1. The number of anilines is 3. The molecule has 0 bridgehead atoms. The van der Waals surface area contributed by atoms with E-state index < -0.39 is 29.5 Å². The average molecular weight is 578 g/mol. The van der Waals surface area contributed by atoms with Gasteiger partial charge >= 0.3 is 12.4 Å². The van der Waals surface area contributed by atoms with Crippen molar-refractivity contribution in [3.05, 3.63) is 46.7 Å². The minimum atomic E-state index is -4.26. The molecule has 2 aliphatic rings. The van der Waals surface area contributed by atoms with E-state index in [9.17, 15) is 30.7 Å². The number of nitrogens with zero attached hydrogens (tertiary/aromatic N) is 3. The van der Waals surface area contributed by atoms with Crippen LogP contribution in [0.1, 0.15) is 31.2 Å². The van der Waals surface area contributed by atoms with Crippen molar-refractivity contribution in [3.8, 4) is 0 Å². The summed E-state index contributed by atoms with van der Waals surface area (Å²) in [7, 11) is 1.71. The number of rotatable bonds is 7. The van der Waals surface area contributed by atoms with E-state index in [1.807, 2.05) is 0 Å². The third-order valence-corrected chi connectivity index (χ3v) is 8.10. The van der Waals surface area contributed by atoms with Gasteiger partial charge in [0.15, 0.2) is 0 Å². The Balaban J connectivity index is 1.30. The van der Waals surface area contributed by atoms with Gasteiger partial charge in [-0.2, -0.15) is 26.3 Å². The van der Waals surface area contributed by atoms with Gasteiger partial charge in [0.2, 0.25) is 5.95 Å². The molecule has 212 valence electrons. The molecule has 0 radical (unpaired) electrons. The summed E-state index contributed by atoms with van der Waals surface area (Å²) in [5.74, 6) is -1.61. The number of nitrogens with one attached hydrogen (secondary N) is 2. The lowest BCUT2D eigenvalue weighted by Crippen LogP contribution is -2.39. The molecule has 0 unspecified atom stereocenters. The summed E-state index contributed by atoms with van der Waals surface area (Å²) in [5.41, 5.74) is 0.687. The molecule has 3 aromatic rings. The van der Waals surface area contributed by atoms with E-state index in [1.165, 1.54) is 6.07 Å². The van der Waals surface area contributed by atoms with E-state index in [0.29, 0.717) is 33.3 Å². The highest BCUT2D eigenvalue weighted by Crippen LogP contribution is 2.57. The molecule has 1 aliphatic carbocycles. The molecule has 1 aromatic heterocycles. The summed E-state index contributed by atoms with van der Waals surface area (Å²) < 4.78 is 95.3. The Labute approximate surface area is 225 Å². The monoisotopic (exact) mass is 577 g/mol. The fourth-order valence-electron chi connectivity index (χ4n) is 5.06. The zero-order chi connectivity index (χ0) is 28.2. The van der Waals surface area contributed by atoms with Gasteiger partial charge in [0.05, 0.1) is 38.8 Å². The predicted molar refractivity (Wildman–Crippen MR) is 136 cm³/mol. The van der Waals surface area contributed by atoms with Crippen LogP contribution in [0.25, 0.3) is 11.0 Å². The van der Waals surface area contributed by atoms with Crippen LogP contribution in [0.4, 0.5) is 48.1 Å². The SMILES string of the molecule is Cn1c(Nc2cc(CNCC3(C(F)(F)F)CC3)ccc2Cl)nc2cc(F)c(N3CCC(C(F)(F)F)CC3)cc21. The van der Waals surface area contributed by atoms with Gasteiger partial charge in [-0.15, -0.1) is 0 Å². The normalized spacial score (nSPS) is 18.1. The molecular formula is C26H27ClF7N5.